The Morgan fingerprint density at radius 1 is 1.35 bits per heavy atom. The lowest BCUT2D eigenvalue weighted by Gasteiger charge is -2.12. The minimum Gasteiger partial charge on any atom is -0.469 e. The molecule has 1 saturated heterocycles. The number of thioether (sulfide) groups is 1. The lowest BCUT2D eigenvalue weighted by Crippen LogP contribution is -2.19. The second-order valence-corrected chi connectivity index (χ2v) is 7.21. The summed E-state index contributed by atoms with van der Waals surface area (Å²) in [5, 5.41) is 3.36. The summed E-state index contributed by atoms with van der Waals surface area (Å²) >= 11 is 1.31. The van der Waals surface area contributed by atoms with Crippen LogP contribution in [0.4, 0.5) is 5.69 Å². The fourth-order valence-electron chi connectivity index (χ4n) is 2.61. The summed E-state index contributed by atoms with van der Waals surface area (Å²) in [6, 6.07) is 5.95. The van der Waals surface area contributed by atoms with E-state index in [-0.39, 0.29) is 17.8 Å². The van der Waals surface area contributed by atoms with Crippen molar-refractivity contribution in [3.8, 4) is 0 Å². The van der Waals surface area contributed by atoms with E-state index in [4.69, 9.17) is 4.74 Å². The summed E-state index contributed by atoms with van der Waals surface area (Å²) < 4.78 is 4.74. The number of nitrogens with zero attached hydrogens (tertiary/aromatic N) is 1. The maximum absolute atomic E-state index is 12.2. The highest BCUT2D eigenvalue weighted by molar-refractivity contribution is 8.18. The van der Waals surface area contributed by atoms with Crippen molar-refractivity contribution in [1.29, 1.82) is 0 Å². The van der Waals surface area contributed by atoms with E-state index < -0.39 is 0 Å². The Morgan fingerprint density at radius 3 is 2.81 bits per heavy atom. The Balaban J connectivity index is 1.72. The Bertz CT molecular complexity index is 881. The highest BCUT2D eigenvalue weighted by Crippen LogP contribution is 2.29. The molecule has 0 bridgehead atoms. The van der Waals surface area contributed by atoms with Gasteiger partial charge in [0.15, 0.2) is 5.17 Å². The normalized spacial score (nSPS) is 22.5. The number of benzene rings is 1. The van der Waals surface area contributed by atoms with Gasteiger partial charge in [0.05, 0.1) is 23.6 Å². The fourth-order valence-corrected chi connectivity index (χ4v) is 3.46. The molecule has 26 heavy (non-hydrogen) atoms. The molecule has 2 aliphatic rings. The van der Waals surface area contributed by atoms with Crippen molar-refractivity contribution in [2.24, 2.45) is 10.9 Å². The van der Waals surface area contributed by atoms with Gasteiger partial charge in [-0.25, -0.2) is 4.99 Å². The maximum atomic E-state index is 12.2. The molecule has 0 spiro atoms. The van der Waals surface area contributed by atoms with Gasteiger partial charge in [0.1, 0.15) is 0 Å². The van der Waals surface area contributed by atoms with Crippen LogP contribution in [0, 0.1) is 19.8 Å². The van der Waals surface area contributed by atoms with Crippen molar-refractivity contribution < 1.29 is 14.3 Å². The van der Waals surface area contributed by atoms with Crippen LogP contribution < -0.4 is 5.32 Å². The van der Waals surface area contributed by atoms with E-state index in [1.165, 1.54) is 24.4 Å². The number of hydrogen-bond acceptors (Lipinski definition) is 5. The van der Waals surface area contributed by atoms with Crippen LogP contribution >= 0.6 is 11.8 Å². The number of carbonyl (C=O) groups is 2. The largest absolute Gasteiger partial charge is 0.469 e. The first-order valence-corrected chi connectivity index (χ1v) is 9.11. The lowest BCUT2D eigenvalue weighted by molar-refractivity contribution is -0.143. The van der Waals surface area contributed by atoms with Crippen LogP contribution in [-0.4, -0.2) is 24.2 Å². The van der Waals surface area contributed by atoms with E-state index in [1.807, 2.05) is 43.4 Å². The first-order valence-electron chi connectivity index (χ1n) is 8.29. The zero-order valence-corrected chi connectivity index (χ0v) is 15.7. The van der Waals surface area contributed by atoms with Crippen molar-refractivity contribution in [2.45, 2.75) is 20.3 Å². The molecule has 3 rings (SSSR count). The molecule has 1 atom stereocenters. The van der Waals surface area contributed by atoms with E-state index in [1.54, 1.807) is 6.08 Å². The summed E-state index contributed by atoms with van der Waals surface area (Å²) in [6.07, 6.45) is 7.95. The predicted octanol–water partition coefficient (Wildman–Crippen LogP) is 3.71. The van der Waals surface area contributed by atoms with Gasteiger partial charge < -0.3 is 10.1 Å². The van der Waals surface area contributed by atoms with E-state index in [2.05, 4.69) is 17.2 Å². The minimum absolute atomic E-state index is 0.165. The second kappa shape index (κ2) is 7.74. The Morgan fingerprint density at radius 2 is 2.15 bits per heavy atom. The van der Waals surface area contributed by atoms with E-state index in [9.17, 15) is 9.59 Å². The molecule has 1 heterocycles. The van der Waals surface area contributed by atoms with Crippen LogP contribution in [0.3, 0.4) is 0 Å². The third kappa shape index (κ3) is 4.14. The number of hydrogen-bond donors (Lipinski definition) is 1. The molecule has 6 heteroatoms. The Labute approximate surface area is 156 Å². The Kier molecular flexibility index (Phi) is 5.42. The van der Waals surface area contributed by atoms with Crippen LogP contribution in [0.15, 0.2) is 58.0 Å². The first kappa shape index (κ1) is 18.2. The first-order chi connectivity index (χ1) is 12.5. The molecule has 0 saturated carbocycles. The van der Waals surface area contributed by atoms with Crippen molar-refractivity contribution in [3.63, 3.8) is 0 Å². The molecular formula is C20H20N2O3S. The van der Waals surface area contributed by atoms with Crippen molar-refractivity contribution in [2.75, 3.05) is 7.11 Å². The summed E-state index contributed by atoms with van der Waals surface area (Å²) in [7, 11) is 1.38. The molecule has 1 aliphatic heterocycles. The summed E-state index contributed by atoms with van der Waals surface area (Å²) in [5.74, 6) is -0.670. The summed E-state index contributed by atoms with van der Waals surface area (Å²) in [6.45, 7) is 4.09. The van der Waals surface area contributed by atoms with Gasteiger partial charge in [-0.15, -0.1) is 0 Å². The topological polar surface area (TPSA) is 67.8 Å². The molecule has 0 radical (unpaired) electrons. The van der Waals surface area contributed by atoms with Crippen LogP contribution in [-0.2, 0) is 14.3 Å². The number of amidine groups is 1. The smallest absolute Gasteiger partial charge is 0.312 e. The summed E-state index contributed by atoms with van der Waals surface area (Å²) in [4.78, 5) is 28.8. The monoisotopic (exact) mass is 368 g/mol. The maximum Gasteiger partial charge on any atom is 0.312 e. The minimum atomic E-state index is -0.255. The number of aryl methyl sites for hydroxylation is 2. The number of methoxy groups -OCH3 is 1. The predicted molar refractivity (Wildman–Crippen MR) is 104 cm³/mol. The van der Waals surface area contributed by atoms with Gasteiger partial charge >= 0.3 is 5.97 Å². The molecular weight excluding hydrogens is 348 g/mol. The molecule has 1 amide bonds. The molecule has 0 unspecified atom stereocenters. The average Bonchev–Trinajstić information content (AvgIpc) is 2.97. The second-order valence-electron chi connectivity index (χ2n) is 6.18. The number of carbonyl (C=O) groups excluding carboxylic acids is 2. The van der Waals surface area contributed by atoms with Crippen LogP contribution in [0.25, 0.3) is 0 Å². The van der Waals surface area contributed by atoms with Crippen molar-refractivity contribution in [3.05, 3.63) is 64.1 Å². The van der Waals surface area contributed by atoms with Crippen LogP contribution in [0.1, 0.15) is 17.5 Å². The number of nitrogens with one attached hydrogen (secondary N) is 1. The third-order valence-corrected chi connectivity index (χ3v) is 5.21. The summed E-state index contributed by atoms with van der Waals surface area (Å²) in [5.41, 5.74) is 4.08. The van der Waals surface area contributed by atoms with Gasteiger partial charge in [-0.3, -0.25) is 9.59 Å². The molecule has 1 aromatic carbocycles. The lowest BCUT2D eigenvalue weighted by atomic mass is 9.96. The molecule has 5 nitrogen and oxygen atoms in total. The number of aliphatic imine (C=N–C) groups is 1. The number of esters is 1. The average molecular weight is 368 g/mol. The van der Waals surface area contributed by atoms with Crippen molar-refractivity contribution in [1.82, 2.24) is 5.32 Å². The van der Waals surface area contributed by atoms with E-state index in [0.717, 1.165) is 16.8 Å². The SMILES string of the molecule is COC(=O)[C@@H]1C=CC(/C=C2\SC(=Nc3ccc(C)c(C)c3)NC2=O)=CC1. The zero-order chi connectivity index (χ0) is 18.7. The quantitative estimate of drug-likeness (QED) is 0.652. The Hall–Kier alpha value is -2.60. The van der Waals surface area contributed by atoms with E-state index in [0.29, 0.717) is 16.5 Å². The number of allylic oxidation sites excluding steroid dienone is 4. The number of amides is 1. The van der Waals surface area contributed by atoms with Gasteiger partial charge in [0.2, 0.25) is 0 Å². The molecule has 1 N–H and O–H groups in total. The molecule has 1 aliphatic carbocycles. The number of ether oxygens (including phenoxy) is 1. The number of rotatable bonds is 3. The van der Waals surface area contributed by atoms with Crippen LogP contribution in [0.5, 0.6) is 0 Å². The standard InChI is InChI=1S/C20H20N2O3S/c1-12-4-9-16(10-13(12)2)21-20-22-18(23)17(26-20)11-14-5-7-15(8-6-14)19(24)25-3/h4-7,9-11,15H,8H2,1-3H3,(H,21,22,23)/b17-11-/t15-/m1/s1. The van der Waals surface area contributed by atoms with Crippen LogP contribution in [0.2, 0.25) is 0 Å². The van der Waals surface area contributed by atoms with Gasteiger partial charge in [-0.1, -0.05) is 24.3 Å². The van der Waals surface area contributed by atoms with Crippen molar-refractivity contribution >= 4 is 34.5 Å². The molecule has 134 valence electrons. The molecule has 1 fully saturated rings. The third-order valence-electron chi connectivity index (χ3n) is 4.30. The highest BCUT2D eigenvalue weighted by Gasteiger charge is 2.24. The fraction of sp³-hybridized carbons (Fsp3) is 0.250. The van der Waals surface area contributed by atoms with Gasteiger partial charge in [-0.2, -0.15) is 0 Å². The van der Waals surface area contributed by atoms with Gasteiger partial charge in [-0.05, 0) is 66.9 Å². The highest BCUT2D eigenvalue weighted by atomic mass is 32.2. The van der Waals surface area contributed by atoms with Gasteiger partial charge in [0.25, 0.3) is 5.91 Å². The zero-order valence-electron chi connectivity index (χ0n) is 14.9. The van der Waals surface area contributed by atoms with E-state index >= 15 is 0 Å². The van der Waals surface area contributed by atoms with Gasteiger partial charge in [0, 0.05) is 0 Å². The molecule has 0 aromatic heterocycles. The molecule has 1 aromatic rings.